The zero-order valence-corrected chi connectivity index (χ0v) is 7.32. The van der Waals surface area contributed by atoms with E-state index in [1.807, 2.05) is 6.07 Å². The Hall–Kier alpha value is -1.84. The van der Waals surface area contributed by atoms with Gasteiger partial charge in [0.1, 0.15) is 5.75 Å². The Morgan fingerprint density at radius 1 is 1.36 bits per heavy atom. The summed E-state index contributed by atoms with van der Waals surface area (Å²) in [6.07, 6.45) is 0.732. The fourth-order valence-corrected chi connectivity index (χ4v) is 1.51. The molecule has 4 nitrogen and oxygen atoms in total. The van der Waals surface area contributed by atoms with Gasteiger partial charge in [-0.3, -0.25) is 4.79 Å². The van der Waals surface area contributed by atoms with Crippen molar-refractivity contribution in [3.63, 3.8) is 0 Å². The van der Waals surface area contributed by atoms with Gasteiger partial charge < -0.3 is 9.84 Å². The molecule has 0 fully saturated rings. The highest BCUT2D eigenvalue weighted by molar-refractivity contribution is 6.40. The molecular formula is C10H8O4. The van der Waals surface area contributed by atoms with E-state index in [1.165, 1.54) is 6.07 Å². The van der Waals surface area contributed by atoms with Crippen molar-refractivity contribution in [1.82, 2.24) is 0 Å². The number of hydrogen-bond donors (Lipinski definition) is 1. The molecule has 0 radical (unpaired) electrons. The molecule has 0 atom stereocenters. The zero-order chi connectivity index (χ0) is 10.1. The molecule has 14 heavy (non-hydrogen) atoms. The minimum Gasteiger partial charge on any atom is -0.492 e. The number of carboxylic acids is 1. The molecule has 1 heterocycles. The largest absolute Gasteiger partial charge is 0.492 e. The molecule has 4 heteroatoms. The second-order valence-corrected chi connectivity index (χ2v) is 3.03. The summed E-state index contributed by atoms with van der Waals surface area (Å²) in [6, 6.07) is 4.98. The van der Waals surface area contributed by atoms with Crippen LogP contribution in [0.5, 0.6) is 5.75 Å². The first-order chi connectivity index (χ1) is 6.70. The molecule has 72 valence electrons. The van der Waals surface area contributed by atoms with Gasteiger partial charge in [0.15, 0.2) is 0 Å². The molecule has 1 aliphatic rings. The Morgan fingerprint density at radius 3 is 2.86 bits per heavy atom. The first-order valence-corrected chi connectivity index (χ1v) is 4.22. The number of Topliss-reactive ketones (excluding diaryl/α,β-unsaturated/α-hetero) is 1. The normalized spacial score (nSPS) is 13.1. The van der Waals surface area contributed by atoms with Crippen molar-refractivity contribution in [2.24, 2.45) is 0 Å². The van der Waals surface area contributed by atoms with Gasteiger partial charge in [0.25, 0.3) is 5.78 Å². The van der Waals surface area contributed by atoms with E-state index in [2.05, 4.69) is 0 Å². The van der Waals surface area contributed by atoms with Crippen molar-refractivity contribution < 1.29 is 19.4 Å². The van der Waals surface area contributed by atoms with Crippen LogP contribution in [-0.4, -0.2) is 23.5 Å². The molecule has 1 aromatic carbocycles. The van der Waals surface area contributed by atoms with Crippen LogP contribution in [0.2, 0.25) is 0 Å². The smallest absolute Gasteiger partial charge is 0.377 e. The van der Waals surface area contributed by atoms with Crippen LogP contribution in [0, 0.1) is 0 Å². The van der Waals surface area contributed by atoms with Gasteiger partial charge in [0.05, 0.1) is 12.2 Å². The lowest BCUT2D eigenvalue weighted by molar-refractivity contribution is -0.131. The standard InChI is InChI=1S/C10H8O4/c11-8(10(12)13)7-3-1-2-6-4-5-14-9(6)7/h1-3H,4-5H2,(H,12,13). The summed E-state index contributed by atoms with van der Waals surface area (Å²) in [4.78, 5) is 21.7. The van der Waals surface area contributed by atoms with Gasteiger partial charge in [-0.25, -0.2) is 4.79 Å². The average Bonchev–Trinajstić information content (AvgIpc) is 2.63. The summed E-state index contributed by atoms with van der Waals surface area (Å²) in [6.45, 7) is 0.513. The molecular weight excluding hydrogens is 184 g/mol. The first-order valence-electron chi connectivity index (χ1n) is 4.22. The number of ketones is 1. The van der Waals surface area contributed by atoms with E-state index in [9.17, 15) is 9.59 Å². The summed E-state index contributed by atoms with van der Waals surface area (Å²) in [5, 5.41) is 8.56. The van der Waals surface area contributed by atoms with Crippen LogP contribution in [0.1, 0.15) is 15.9 Å². The third-order valence-corrected chi connectivity index (χ3v) is 2.15. The van der Waals surface area contributed by atoms with E-state index < -0.39 is 11.8 Å². The van der Waals surface area contributed by atoms with Gasteiger partial charge in [-0.05, 0) is 11.6 Å². The van der Waals surface area contributed by atoms with Crippen molar-refractivity contribution >= 4 is 11.8 Å². The predicted octanol–water partition coefficient (Wildman–Crippen LogP) is 0.889. The van der Waals surface area contributed by atoms with Gasteiger partial charge in [-0.15, -0.1) is 0 Å². The molecule has 0 saturated heterocycles. The highest BCUT2D eigenvalue weighted by Gasteiger charge is 2.24. The number of rotatable bonds is 2. The van der Waals surface area contributed by atoms with Crippen molar-refractivity contribution in [1.29, 1.82) is 0 Å². The summed E-state index contributed by atoms with van der Waals surface area (Å²) in [5.41, 5.74) is 1.05. The number of para-hydroxylation sites is 1. The molecule has 0 saturated carbocycles. The molecule has 1 aliphatic heterocycles. The molecule has 1 N–H and O–H groups in total. The topological polar surface area (TPSA) is 63.6 Å². The van der Waals surface area contributed by atoms with Crippen LogP contribution in [0.3, 0.4) is 0 Å². The monoisotopic (exact) mass is 192 g/mol. The second kappa shape index (κ2) is 3.14. The van der Waals surface area contributed by atoms with Crippen LogP contribution in [0.25, 0.3) is 0 Å². The Kier molecular flexibility index (Phi) is 1.96. The molecule has 0 unspecified atom stereocenters. The van der Waals surface area contributed by atoms with E-state index in [-0.39, 0.29) is 5.56 Å². The van der Waals surface area contributed by atoms with E-state index in [0.29, 0.717) is 12.4 Å². The van der Waals surface area contributed by atoms with Crippen LogP contribution < -0.4 is 4.74 Å². The number of ether oxygens (including phenoxy) is 1. The Morgan fingerprint density at radius 2 is 2.14 bits per heavy atom. The quantitative estimate of drug-likeness (QED) is 0.558. The van der Waals surface area contributed by atoms with E-state index in [4.69, 9.17) is 9.84 Å². The van der Waals surface area contributed by atoms with Crippen LogP contribution in [-0.2, 0) is 11.2 Å². The minimum atomic E-state index is -1.45. The van der Waals surface area contributed by atoms with Crippen LogP contribution in [0.15, 0.2) is 18.2 Å². The molecule has 1 aromatic rings. The van der Waals surface area contributed by atoms with E-state index in [0.717, 1.165) is 12.0 Å². The van der Waals surface area contributed by atoms with Gasteiger partial charge in [-0.2, -0.15) is 0 Å². The number of carboxylic acid groups (broad SMARTS) is 1. The zero-order valence-electron chi connectivity index (χ0n) is 7.32. The van der Waals surface area contributed by atoms with Gasteiger partial charge in [0, 0.05) is 6.42 Å². The van der Waals surface area contributed by atoms with Gasteiger partial charge >= 0.3 is 5.97 Å². The molecule has 0 aromatic heterocycles. The number of carbonyl (C=O) groups is 2. The fourth-order valence-electron chi connectivity index (χ4n) is 1.51. The van der Waals surface area contributed by atoms with E-state index in [1.54, 1.807) is 6.07 Å². The molecule has 0 bridgehead atoms. The molecule has 0 aliphatic carbocycles. The maximum Gasteiger partial charge on any atom is 0.377 e. The highest BCUT2D eigenvalue weighted by Crippen LogP contribution is 2.29. The van der Waals surface area contributed by atoms with E-state index >= 15 is 0 Å². The Labute approximate surface area is 80.1 Å². The van der Waals surface area contributed by atoms with Gasteiger partial charge in [-0.1, -0.05) is 12.1 Å². The number of carbonyl (C=O) groups excluding carboxylic acids is 1. The lowest BCUT2D eigenvalue weighted by Crippen LogP contribution is -2.13. The van der Waals surface area contributed by atoms with Crippen molar-refractivity contribution in [3.8, 4) is 5.75 Å². The highest BCUT2D eigenvalue weighted by atomic mass is 16.5. The number of hydrogen-bond acceptors (Lipinski definition) is 3. The maximum absolute atomic E-state index is 11.2. The Bertz CT molecular complexity index is 409. The summed E-state index contributed by atoms with van der Waals surface area (Å²) < 4.78 is 5.22. The first kappa shape index (κ1) is 8.74. The van der Waals surface area contributed by atoms with Crippen molar-refractivity contribution in [2.45, 2.75) is 6.42 Å². The summed E-state index contributed by atoms with van der Waals surface area (Å²) in [7, 11) is 0. The van der Waals surface area contributed by atoms with Crippen LogP contribution >= 0.6 is 0 Å². The number of fused-ring (bicyclic) bond motifs is 1. The number of aliphatic carboxylic acids is 1. The van der Waals surface area contributed by atoms with Crippen LogP contribution in [0.4, 0.5) is 0 Å². The lowest BCUT2D eigenvalue weighted by atomic mass is 10.1. The summed E-state index contributed by atoms with van der Waals surface area (Å²) >= 11 is 0. The SMILES string of the molecule is O=C(O)C(=O)c1cccc2c1OCC2. The van der Waals surface area contributed by atoms with Gasteiger partial charge in [0.2, 0.25) is 0 Å². The Balaban J connectivity index is 2.49. The lowest BCUT2D eigenvalue weighted by Gasteiger charge is -2.03. The molecule has 2 rings (SSSR count). The predicted molar refractivity (Wildman–Crippen MR) is 47.6 cm³/mol. The average molecular weight is 192 g/mol. The van der Waals surface area contributed by atoms with Crippen molar-refractivity contribution in [3.05, 3.63) is 29.3 Å². The molecule has 0 spiro atoms. The second-order valence-electron chi connectivity index (χ2n) is 3.03. The number of benzene rings is 1. The third-order valence-electron chi connectivity index (χ3n) is 2.15. The molecule has 0 amide bonds. The third kappa shape index (κ3) is 1.25. The summed E-state index contributed by atoms with van der Waals surface area (Å²) in [5.74, 6) is -1.93. The minimum absolute atomic E-state index is 0.146. The fraction of sp³-hybridized carbons (Fsp3) is 0.200. The van der Waals surface area contributed by atoms with Crippen molar-refractivity contribution in [2.75, 3.05) is 6.61 Å². The maximum atomic E-state index is 11.2.